The fourth-order valence-electron chi connectivity index (χ4n) is 2.45. The first-order valence-electron chi connectivity index (χ1n) is 5.90. The summed E-state index contributed by atoms with van der Waals surface area (Å²) in [6.45, 7) is 3.68. The number of benzene rings is 1. The van der Waals surface area contributed by atoms with Crippen molar-refractivity contribution in [2.75, 3.05) is 13.2 Å². The van der Waals surface area contributed by atoms with Crippen LogP contribution in [0.4, 0.5) is 8.78 Å². The Balaban J connectivity index is 2.07. The lowest BCUT2D eigenvalue weighted by molar-refractivity contribution is 0.134. The van der Waals surface area contributed by atoms with E-state index in [-0.39, 0.29) is 12.6 Å². The molecule has 2 unspecified atom stereocenters. The summed E-state index contributed by atoms with van der Waals surface area (Å²) in [5.41, 5.74) is 0.747. The molecule has 0 saturated carbocycles. The number of hydrogen-bond donors (Lipinski definition) is 1. The van der Waals surface area contributed by atoms with Crippen molar-refractivity contribution in [2.45, 2.75) is 25.9 Å². The molecular weight excluding hydrogens is 224 g/mol. The third kappa shape index (κ3) is 2.64. The Morgan fingerprint density at radius 2 is 2.12 bits per heavy atom. The first kappa shape index (κ1) is 12.5. The van der Waals surface area contributed by atoms with Gasteiger partial charge >= 0.3 is 0 Å². The molecule has 1 fully saturated rings. The van der Waals surface area contributed by atoms with E-state index >= 15 is 0 Å². The highest BCUT2D eigenvalue weighted by molar-refractivity contribution is 5.18. The average molecular weight is 241 g/mol. The maximum Gasteiger partial charge on any atom is 0.159 e. The lowest BCUT2D eigenvalue weighted by Crippen LogP contribution is -2.34. The largest absolute Gasteiger partial charge is 0.395 e. The summed E-state index contributed by atoms with van der Waals surface area (Å²) in [6.07, 6.45) is 1.04. The molecule has 2 atom stereocenters. The standard InChI is InChI=1S/C13H17F2NO/c1-9-4-5-16(13(9)8-17)7-10-2-3-11(14)12(15)6-10/h2-3,6,9,13,17H,4-5,7-8H2,1H3. The van der Waals surface area contributed by atoms with Gasteiger partial charge in [-0.1, -0.05) is 13.0 Å². The van der Waals surface area contributed by atoms with Gasteiger partial charge in [0.05, 0.1) is 6.61 Å². The normalized spacial score (nSPS) is 25.4. The molecule has 0 amide bonds. The molecule has 1 aliphatic heterocycles. The maximum atomic E-state index is 13.1. The van der Waals surface area contributed by atoms with Gasteiger partial charge in [-0.2, -0.15) is 0 Å². The van der Waals surface area contributed by atoms with Crippen LogP contribution in [0.15, 0.2) is 18.2 Å². The minimum Gasteiger partial charge on any atom is -0.395 e. The Kier molecular flexibility index (Phi) is 3.74. The van der Waals surface area contributed by atoms with E-state index in [4.69, 9.17) is 0 Å². The van der Waals surface area contributed by atoms with Crippen LogP contribution < -0.4 is 0 Å². The van der Waals surface area contributed by atoms with E-state index < -0.39 is 11.6 Å². The summed E-state index contributed by atoms with van der Waals surface area (Å²) in [7, 11) is 0. The van der Waals surface area contributed by atoms with Gasteiger partial charge in [0.2, 0.25) is 0 Å². The van der Waals surface area contributed by atoms with Crippen molar-refractivity contribution >= 4 is 0 Å². The van der Waals surface area contributed by atoms with Crippen molar-refractivity contribution in [3.63, 3.8) is 0 Å². The SMILES string of the molecule is CC1CCN(Cc2ccc(F)c(F)c2)C1CO. The zero-order valence-electron chi connectivity index (χ0n) is 9.87. The molecule has 0 spiro atoms. The molecule has 1 N–H and O–H groups in total. The second-order valence-electron chi connectivity index (χ2n) is 4.73. The molecule has 17 heavy (non-hydrogen) atoms. The van der Waals surface area contributed by atoms with Gasteiger partial charge in [0.1, 0.15) is 0 Å². The van der Waals surface area contributed by atoms with Crippen LogP contribution in [0.25, 0.3) is 0 Å². The number of hydrogen-bond acceptors (Lipinski definition) is 2. The topological polar surface area (TPSA) is 23.5 Å². The van der Waals surface area contributed by atoms with Crippen molar-refractivity contribution in [1.82, 2.24) is 4.90 Å². The molecule has 2 nitrogen and oxygen atoms in total. The lowest BCUT2D eigenvalue weighted by atomic mass is 10.0. The summed E-state index contributed by atoms with van der Waals surface area (Å²) in [4.78, 5) is 2.12. The maximum absolute atomic E-state index is 13.1. The van der Waals surface area contributed by atoms with Crippen LogP contribution in [0.3, 0.4) is 0 Å². The van der Waals surface area contributed by atoms with E-state index in [2.05, 4.69) is 11.8 Å². The molecule has 1 aromatic rings. The van der Waals surface area contributed by atoms with Gasteiger partial charge in [0.15, 0.2) is 11.6 Å². The number of halogens is 2. The van der Waals surface area contributed by atoms with E-state index in [1.807, 2.05) is 0 Å². The summed E-state index contributed by atoms with van der Waals surface area (Å²) in [5, 5.41) is 9.31. The Hall–Kier alpha value is -1.00. The van der Waals surface area contributed by atoms with Crippen molar-refractivity contribution in [1.29, 1.82) is 0 Å². The molecule has 1 heterocycles. The van der Waals surface area contributed by atoms with E-state index in [1.54, 1.807) is 6.07 Å². The Labute approximate surface area is 99.9 Å². The van der Waals surface area contributed by atoms with Crippen molar-refractivity contribution < 1.29 is 13.9 Å². The second-order valence-corrected chi connectivity index (χ2v) is 4.73. The summed E-state index contributed by atoms with van der Waals surface area (Å²) >= 11 is 0. The van der Waals surface area contributed by atoms with Gasteiger partial charge in [0, 0.05) is 12.6 Å². The molecule has 1 saturated heterocycles. The minimum absolute atomic E-state index is 0.116. The van der Waals surface area contributed by atoms with Crippen LogP contribution in [0.2, 0.25) is 0 Å². The van der Waals surface area contributed by atoms with E-state index in [9.17, 15) is 13.9 Å². The number of nitrogens with zero attached hydrogens (tertiary/aromatic N) is 1. The first-order valence-corrected chi connectivity index (χ1v) is 5.90. The zero-order chi connectivity index (χ0) is 12.4. The molecular formula is C13H17F2NO. The molecule has 0 aliphatic carbocycles. The lowest BCUT2D eigenvalue weighted by Gasteiger charge is -2.25. The molecule has 1 aromatic carbocycles. The quantitative estimate of drug-likeness (QED) is 0.876. The molecule has 94 valence electrons. The highest BCUT2D eigenvalue weighted by Gasteiger charge is 2.30. The zero-order valence-corrected chi connectivity index (χ0v) is 9.87. The van der Waals surface area contributed by atoms with Crippen molar-refractivity contribution in [3.05, 3.63) is 35.4 Å². The third-order valence-corrected chi connectivity index (χ3v) is 3.55. The molecule has 4 heteroatoms. The first-order chi connectivity index (χ1) is 8.11. The molecule has 0 bridgehead atoms. The third-order valence-electron chi connectivity index (χ3n) is 3.55. The van der Waals surface area contributed by atoms with E-state index in [1.165, 1.54) is 6.07 Å². The predicted molar refractivity (Wildman–Crippen MR) is 61.4 cm³/mol. The number of aliphatic hydroxyl groups is 1. The Bertz CT molecular complexity index is 397. The van der Waals surface area contributed by atoms with Crippen LogP contribution in [-0.4, -0.2) is 29.2 Å². The van der Waals surface area contributed by atoms with E-state index in [0.29, 0.717) is 12.5 Å². The van der Waals surface area contributed by atoms with Gasteiger partial charge in [-0.3, -0.25) is 4.90 Å². The molecule has 0 aromatic heterocycles. The van der Waals surface area contributed by atoms with Crippen LogP contribution in [0.5, 0.6) is 0 Å². The summed E-state index contributed by atoms with van der Waals surface area (Å²) in [5.74, 6) is -1.18. The van der Waals surface area contributed by atoms with Crippen molar-refractivity contribution in [3.8, 4) is 0 Å². The Morgan fingerprint density at radius 3 is 2.76 bits per heavy atom. The van der Waals surface area contributed by atoms with Gasteiger partial charge < -0.3 is 5.11 Å². The molecule has 2 rings (SSSR count). The average Bonchev–Trinajstić information content (AvgIpc) is 2.64. The van der Waals surface area contributed by atoms with Gasteiger partial charge in [-0.25, -0.2) is 8.78 Å². The number of rotatable bonds is 3. The summed E-state index contributed by atoms with van der Waals surface area (Å²) < 4.78 is 25.9. The highest BCUT2D eigenvalue weighted by atomic mass is 19.2. The number of aliphatic hydroxyl groups excluding tert-OH is 1. The van der Waals surface area contributed by atoms with Crippen molar-refractivity contribution in [2.24, 2.45) is 5.92 Å². The summed E-state index contributed by atoms with van der Waals surface area (Å²) in [6, 6.07) is 4.10. The second kappa shape index (κ2) is 5.10. The smallest absolute Gasteiger partial charge is 0.159 e. The minimum atomic E-state index is -0.817. The van der Waals surface area contributed by atoms with Crippen LogP contribution in [-0.2, 0) is 6.54 Å². The van der Waals surface area contributed by atoms with E-state index in [0.717, 1.165) is 24.6 Å². The van der Waals surface area contributed by atoms with Gasteiger partial charge in [0.25, 0.3) is 0 Å². The van der Waals surface area contributed by atoms with Crippen LogP contribution in [0.1, 0.15) is 18.9 Å². The van der Waals surface area contributed by atoms with Crippen LogP contribution in [0, 0.1) is 17.6 Å². The molecule has 0 radical (unpaired) electrons. The van der Waals surface area contributed by atoms with Gasteiger partial charge in [-0.15, -0.1) is 0 Å². The Morgan fingerprint density at radius 1 is 1.35 bits per heavy atom. The predicted octanol–water partition coefficient (Wildman–Crippen LogP) is 2.17. The highest BCUT2D eigenvalue weighted by Crippen LogP contribution is 2.25. The monoisotopic (exact) mass is 241 g/mol. The fraction of sp³-hybridized carbons (Fsp3) is 0.538. The fourth-order valence-corrected chi connectivity index (χ4v) is 2.45. The van der Waals surface area contributed by atoms with Crippen LogP contribution >= 0.6 is 0 Å². The van der Waals surface area contributed by atoms with Gasteiger partial charge in [-0.05, 0) is 36.6 Å². The molecule has 1 aliphatic rings. The number of likely N-dealkylation sites (tertiary alicyclic amines) is 1.